The van der Waals surface area contributed by atoms with Gasteiger partial charge < -0.3 is 10.6 Å². The minimum atomic E-state index is 0. The number of anilines is 1. The molecule has 2 aromatic rings. The van der Waals surface area contributed by atoms with Crippen LogP contribution in [0.1, 0.15) is 38.2 Å². The molecule has 2 N–H and O–H groups in total. The summed E-state index contributed by atoms with van der Waals surface area (Å²) in [4.78, 5) is 0. The summed E-state index contributed by atoms with van der Waals surface area (Å²) in [6.07, 6.45) is 6.13. The zero-order chi connectivity index (χ0) is 14.5. The molecule has 1 heterocycles. The van der Waals surface area contributed by atoms with Crippen LogP contribution in [0.25, 0.3) is 10.8 Å². The first-order chi connectivity index (χ1) is 10.4. The van der Waals surface area contributed by atoms with Gasteiger partial charge in [-0.1, -0.05) is 37.6 Å². The van der Waals surface area contributed by atoms with Crippen LogP contribution in [0.4, 0.5) is 5.69 Å². The van der Waals surface area contributed by atoms with Crippen molar-refractivity contribution in [1.82, 2.24) is 5.32 Å². The summed E-state index contributed by atoms with van der Waals surface area (Å²) < 4.78 is 0. The van der Waals surface area contributed by atoms with Gasteiger partial charge >= 0.3 is 0 Å². The highest BCUT2D eigenvalue weighted by Gasteiger charge is 2.14. The Kier molecular flexibility index (Phi) is 6.53. The second kappa shape index (κ2) is 8.40. The average Bonchev–Trinajstić information content (AvgIpc) is 2.54. The van der Waals surface area contributed by atoms with Crippen LogP contribution in [0.5, 0.6) is 0 Å². The van der Waals surface area contributed by atoms with E-state index >= 15 is 0 Å². The van der Waals surface area contributed by atoms with E-state index in [-0.39, 0.29) is 12.4 Å². The number of rotatable bonds is 5. The topological polar surface area (TPSA) is 24.1 Å². The van der Waals surface area contributed by atoms with Crippen molar-refractivity contribution in [3.05, 3.63) is 42.0 Å². The van der Waals surface area contributed by atoms with Gasteiger partial charge in [0.1, 0.15) is 0 Å². The van der Waals surface area contributed by atoms with Gasteiger partial charge in [-0.3, -0.25) is 0 Å². The molecule has 0 atom stereocenters. The van der Waals surface area contributed by atoms with Crippen molar-refractivity contribution in [1.29, 1.82) is 0 Å². The zero-order valence-corrected chi connectivity index (χ0v) is 14.2. The molecule has 1 fully saturated rings. The second-order valence-electron chi connectivity index (χ2n) is 6.13. The SMILES string of the molecule is CCCCc1cc2ccccc2cc1NC1CCNCC1.Cl. The largest absolute Gasteiger partial charge is 0.382 e. The number of aryl methyl sites for hydroxylation is 1. The van der Waals surface area contributed by atoms with Crippen LogP contribution in [-0.2, 0) is 6.42 Å². The molecule has 0 radical (unpaired) electrons. The van der Waals surface area contributed by atoms with Crippen LogP contribution < -0.4 is 10.6 Å². The van der Waals surface area contributed by atoms with E-state index in [1.807, 2.05) is 0 Å². The van der Waals surface area contributed by atoms with Gasteiger partial charge in [0.05, 0.1) is 0 Å². The highest BCUT2D eigenvalue weighted by Crippen LogP contribution is 2.27. The van der Waals surface area contributed by atoms with E-state index in [0.717, 1.165) is 13.1 Å². The number of unbranched alkanes of at least 4 members (excludes halogenated alkanes) is 1. The molecule has 0 aliphatic carbocycles. The fourth-order valence-corrected chi connectivity index (χ4v) is 3.18. The molecule has 3 heteroatoms. The average molecular weight is 319 g/mol. The molecule has 1 saturated heterocycles. The molecule has 2 aromatic carbocycles. The third-order valence-corrected chi connectivity index (χ3v) is 4.47. The molecular weight excluding hydrogens is 292 g/mol. The van der Waals surface area contributed by atoms with Crippen LogP contribution in [0.15, 0.2) is 36.4 Å². The summed E-state index contributed by atoms with van der Waals surface area (Å²) in [5, 5.41) is 9.95. The van der Waals surface area contributed by atoms with Crippen LogP contribution in [-0.4, -0.2) is 19.1 Å². The Hall–Kier alpha value is -1.25. The molecule has 2 nitrogen and oxygen atoms in total. The van der Waals surface area contributed by atoms with Crippen LogP contribution in [0.3, 0.4) is 0 Å². The molecule has 0 unspecified atom stereocenters. The molecule has 1 aliphatic heterocycles. The maximum atomic E-state index is 3.81. The summed E-state index contributed by atoms with van der Waals surface area (Å²) in [5.41, 5.74) is 2.84. The number of nitrogens with one attached hydrogen (secondary N) is 2. The summed E-state index contributed by atoms with van der Waals surface area (Å²) in [7, 11) is 0. The molecule has 120 valence electrons. The Morgan fingerprint density at radius 2 is 1.77 bits per heavy atom. The van der Waals surface area contributed by atoms with Crippen LogP contribution in [0, 0.1) is 0 Å². The Bertz CT molecular complexity index is 591. The lowest BCUT2D eigenvalue weighted by Crippen LogP contribution is -2.35. The van der Waals surface area contributed by atoms with Gasteiger partial charge in [0.2, 0.25) is 0 Å². The Balaban J connectivity index is 0.00000176. The van der Waals surface area contributed by atoms with Gasteiger partial charge in [-0.15, -0.1) is 12.4 Å². The summed E-state index contributed by atoms with van der Waals surface area (Å²) >= 11 is 0. The highest BCUT2D eigenvalue weighted by atomic mass is 35.5. The van der Waals surface area contributed by atoms with Crippen molar-refractivity contribution in [3.8, 4) is 0 Å². The lowest BCUT2D eigenvalue weighted by molar-refractivity contribution is 0.479. The van der Waals surface area contributed by atoms with Gasteiger partial charge in [0, 0.05) is 11.7 Å². The molecular formula is C19H27ClN2. The molecule has 3 rings (SSSR count). The van der Waals surface area contributed by atoms with Crippen LogP contribution in [0.2, 0.25) is 0 Å². The molecule has 0 bridgehead atoms. The van der Waals surface area contributed by atoms with Crippen LogP contribution >= 0.6 is 12.4 Å². The van der Waals surface area contributed by atoms with E-state index in [4.69, 9.17) is 0 Å². The second-order valence-corrected chi connectivity index (χ2v) is 6.13. The first-order valence-electron chi connectivity index (χ1n) is 8.35. The fourth-order valence-electron chi connectivity index (χ4n) is 3.18. The zero-order valence-electron chi connectivity index (χ0n) is 13.4. The smallest absolute Gasteiger partial charge is 0.0381 e. The van der Waals surface area contributed by atoms with Gasteiger partial charge in [-0.2, -0.15) is 0 Å². The van der Waals surface area contributed by atoms with Crippen molar-refractivity contribution in [2.24, 2.45) is 0 Å². The maximum Gasteiger partial charge on any atom is 0.0381 e. The predicted octanol–water partition coefficient (Wildman–Crippen LogP) is 4.77. The van der Waals surface area contributed by atoms with E-state index in [1.165, 1.54) is 54.1 Å². The monoisotopic (exact) mass is 318 g/mol. The normalized spacial score (nSPS) is 15.5. The standard InChI is InChI=1S/C19H26N2.ClH/c1-2-3-6-17-13-15-7-4-5-8-16(15)14-19(17)21-18-9-11-20-12-10-18;/h4-5,7-8,13-14,18,20-21H,2-3,6,9-12H2,1H3;1H. The number of fused-ring (bicyclic) bond motifs is 1. The summed E-state index contributed by atoms with van der Waals surface area (Å²) in [6, 6.07) is 14.0. The first-order valence-corrected chi connectivity index (χ1v) is 8.35. The van der Waals surface area contributed by atoms with E-state index < -0.39 is 0 Å². The summed E-state index contributed by atoms with van der Waals surface area (Å²) in [5.74, 6) is 0. The maximum absolute atomic E-state index is 3.81. The van der Waals surface area contributed by atoms with Gasteiger partial charge in [0.25, 0.3) is 0 Å². The minimum absolute atomic E-state index is 0. The number of benzene rings is 2. The molecule has 22 heavy (non-hydrogen) atoms. The van der Waals surface area contributed by atoms with Gasteiger partial charge in [-0.05, 0) is 67.2 Å². The third-order valence-electron chi connectivity index (χ3n) is 4.47. The molecule has 0 saturated carbocycles. The lowest BCUT2D eigenvalue weighted by atomic mass is 9.99. The minimum Gasteiger partial charge on any atom is -0.382 e. The van der Waals surface area contributed by atoms with E-state index in [0.29, 0.717) is 6.04 Å². The van der Waals surface area contributed by atoms with Crippen molar-refractivity contribution < 1.29 is 0 Å². The Morgan fingerprint density at radius 3 is 2.45 bits per heavy atom. The van der Waals surface area contributed by atoms with E-state index in [9.17, 15) is 0 Å². The number of hydrogen-bond donors (Lipinski definition) is 2. The quantitative estimate of drug-likeness (QED) is 0.830. The number of halogens is 1. The Morgan fingerprint density at radius 1 is 1.09 bits per heavy atom. The van der Waals surface area contributed by atoms with E-state index in [1.54, 1.807) is 0 Å². The Labute approximate surface area is 140 Å². The molecule has 0 amide bonds. The molecule has 1 aliphatic rings. The summed E-state index contributed by atoms with van der Waals surface area (Å²) in [6.45, 7) is 4.53. The van der Waals surface area contributed by atoms with Crippen molar-refractivity contribution in [2.45, 2.75) is 45.1 Å². The van der Waals surface area contributed by atoms with Crippen molar-refractivity contribution >= 4 is 28.9 Å². The predicted molar refractivity (Wildman–Crippen MR) is 99.3 cm³/mol. The van der Waals surface area contributed by atoms with E-state index in [2.05, 4.69) is 54.0 Å². The first kappa shape index (κ1) is 17.1. The lowest BCUT2D eigenvalue weighted by Gasteiger charge is -2.26. The molecule has 0 aromatic heterocycles. The van der Waals surface area contributed by atoms with Gasteiger partial charge in [0.15, 0.2) is 0 Å². The number of hydrogen-bond acceptors (Lipinski definition) is 2. The number of piperidine rings is 1. The van der Waals surface area contributed by atoms with Gasteiger partial charge in [-0.25, -0.2) is 0 Å². The fraction of sp³-hybridized carbons (Fsp3) is 0.474. The van der Waals surface area contributed by atoms with Crippen molar-refractivity contribution in [2.75, 3.05) is 18.4 Å². The highest BCUT2D eigenvalue weighted by molar-refractivity contribution is 5.87. The third kappa shape index (κ3) is 4.15. The molecule has 0 spiro atoms. The van der Waals surface area contributed by atoms with Crippen molar-refractivity contribution in [3.63, 3.8) is 0 Å².